The maximum atomic E-state index is 11.4. The molecule has 2 rings (SSSR count). The van der Waals surface area contributed by atoms with Crippen molar-refractivity contribution in [3.05, 3.63) is 0 Å². The topological polar surface area (TPSA) is 49.8 Å². The van der Waals surface area contributed by atoms with E-state index < -0.39 is 0 Å². The first-order valence-corrected chi connectivity index (χ1v) is 4.80. The predicted octanol–water partition coefficient (Wildman–Crippen LogP) is 0.742. The SMILES string of the molecule is CCOC(=O)N1CCC12CC(O)C2. The second-order valence-electron chi connectivity index (χ2n) is 3.89. The second kappa shape index (κ2) is 2.87. The zero-order chi connectivity index (χ0) is 9.47. The van der Waals surface area contributed by atoms with E-state index in [0.717, 1.165) is 25.8 Å². The fourth-order valence-electron chi connectivity index (χ4n) is 2.27. The summed E-state index contributed by atoms with van der Waals surface area (Å²) < 4.78 is 4.92. The van der Waals surface area contributed by atoms with E-state index in [2.05, 4.69) is 0 Å². The zero-order valence-electron chi connectivity index (χ0n) is 7.82. The minimum absolute atomic E-state index is 0.0360. The van der Waals surface area contributed by atoms with Crippen LogP contribution in [0.5, 0.6) is 0 Å². The molecule has 1 heterocycles. The van der Waals surface area contributed by atoms with Gasteiger partial charge >= 0.3 is 6.09 Å². The van der Waals surface area contributed by atoms with Gasteiger partial charge in [-0.2, -0.15) is 0 Å². The molecular weight excluding hydrogens is 170 g/mol. The molecule has 0 atom stereocenters. The van der Waals surface area contributed by atoms with Crippen LogP contribution in [-0.4, -0.2) is 40.9 Å². The summed E-state index contributed by atoms with van der Waals surface area (Å²) >= 11 is 0. The summed E-state index contributed by atoms with van der Waals surface area (Å²) in [7, 11) is 0. The third-order valence-electron chi connectivity index (χ3n) is 3.09. The van der Waals surface area contributed by atoms with Gasteiger partial charge in [-0.3, -0.25) is 0 Å². The molecule has 0 bridgehead atoms. The number of aliphatic hydroxyl groups is 1. The van der Waals surface area contributed by atoms with Gasteiger partial charge in [0.1, 0.15) is 0 Å². The number of ether oxygens (including phenoxy) is 1. The second-order valence-corrected chi connectivity index (χ2v) is 3.89. The van der Waals surface area contributed by atoms with Crippen LogP contribution in [0.1, 0.15) is 26.2 Å². The lowest BCUT2D eigenvalue weighted by molar-refractivity contribution is -0.120. The summed E-state index contributed by atoms with van der Waals surface area (Å²) in [6.45, 7) is 3.01. The lowest BCUT2D eigenvalue weighted by Crippen LogP contribution is -2.69. The van der Waals surface area contributed by atoms with Gasteiger partial charge in [0.2, 0.25) is 0 Å². The fourth-order valence-corrected chi connectivity index (χ4v) is 2.27. The highest BCUT2D eigenvalue weighted by atomic mass is 16.6. The molecule has 0 radical (unpaired) electrons. The lowest BCUT2D eigenvalue weighted by Gasteiger charge is -2.59. The summed E-state index contributed by atoms with van der Waals surface area (Å²) in [4.78, 5) is 13.1. The first-order chi connectivity index (χ1) is 6.18. The maximum absolute atomic E-state index is 11.4. The molecule has 0 aromatic heterocycles. The molecule has 1 N–H and O–H groups in total. The van der Waals surface area contributed by atoms with Crippen LogP contribution < -0.4 is 0 Å². The van der Waals surface area contributed by atoms with Gasteiger partial charge in [0.05, 0.1) is 18.2 Å². The molecule has 2 fully saturated rings. The van der Waals surface area contributed by atoms with Crippen LogP contribution in [0.25, 0.3) is 0 Å². The predicted molar refractivity (Wildman–Crippen MR) is 46.3 cm³/mol. The Labute approximate surface area is 77.5 Å². The molecule has 0 unspecified atom stereocenters. The Bertz CT molecular complexity index is 223. The van der Waals surface area contributed by atoms with Crippen LogP contribution in [0, 0.1) is 0 Å². The van der Waals surface area contributed by atoms with Crippen LogP contribution in [0.4, 0.5) is 4.79 Å². The third kappa shape index (κ3) is 1.20. The van der Waals surface area contributed by atoms with Gasteiger partial charge in [-0.15, -0.1) is 0 Å². The monoisotopic (exact) mass is 185 g/mol. The van der Waals surface area contributed by atoms with E-state index in [1.807, 2.05) is 0 Å². The summed E-state index contributed by atoms with van der Waals surface area (Å²) in [5.41, 5.74) is -0.0360. The van der Waals surface area contributed by atoms with Gasteiger partial charge in [0.25, 0.3) is 0 Å². The van der Waals surface area contributed by atoms with Crippen molar-refractivity contribution in [1.29, 1.82) is 0 Å². The average molecular weight is 185 g/mol. The van der Waals surface area contributed by atoms with E-state index in [-0.39, 0.29) is 17.7 Å². The largest absolute Gasteiger partial charge is 0.450 e. The van der Waals surface area contributed by atoms with E-state index in [4.69, 9.17) is 4.74 Å². The standard InChI is InChI=1S/C9H15NO3/c1-2-13-8(12)10-4-3-9(10)5-7(11)6-9/h7,11H,2-6H2,1H3. The van der Waals surface area contributed by atoms with Crippen LogP contribution >= 0.6 is 0 Å². The van der Waals surface area contributed by atoms with Crippen molar-refractivity contribution in [3.63, 3.8) is 0 Å². The van der Waals surface area contributed by atoms with E-state index in [1.165, 1.54) is 0 Å². The number of rotatable bonds is 1. The van der Waals surface area contributed by atoms with E-state index in [1.54, 1.807) is 11.8 Å². The number of carbonyl (C=O) groups is 1. The molecule has 1 saturated carbocycles. The summed E-state index contributed by atoms with van der Waals surface area (Å²) in [6, 6.07) is 0. The highest BCUT2D eigenvalue weighted by Gasteiger charge is 2.56. The number of amides is 1. The Morgan fingerprint density at radius 2 is 2.38 bits per heavy atom. The maximum Gasteiger partial charge on any atom is 0.410 e. The van der Waals surface area contributed by atoms with Crippen molar-refractivity contribution < 1.29 is 14.6 Å². The number of hydrogen-bond acceptors (Lipinski definition) is 3. The van der Waals surface area contributed by atoms with Crippen LogP contribution in [0.3, 0.4) is 0 Å². The average Bonchev–Trinajstić information content (AvgIpc) is 1.96. The van der Waals surface area contributed by atoms with Gasteiger partial charge in [0, 0.05) is 6.54 Å². The van der Waals surface area contributed by atoms with E-state index >= 15 is 0 Å². The first-order valence-electron chi connectivity index (χ1n) is 4.80. The molecule has 1 amide bonds. The van der Waals surface area contributed by atoms with E-state index in [9.17, 15) is 9.90 Å². The van der Waals surface area contributed by atoms with Crippen molar-refractivity contribution in [3.8, 4) is 0 Å². The molecule has 1 aliphatic heterocycles. The molecule has 4 nitrogen and oxygen atoms in total. The van der Waals surface area contributed by atoms with Gasteiger partial charge in [-0.1, -0.05) is 0 Å². The van der Waals surface area contributed by atoms with Crippen molar-refractivity contribution in [2.45, 2.75) is 37.8 Å². The molecule has 74 valence electrons. The van der Waals surface area contributed by atoms with Gasteiger partial charge in [0.15, 0.2) is 0 Å². The number of carbonyl (C=O) groups excluding carboxylic acids is 1. The first kappa shape index (κ1) is 8.81. The number of likely N-dealkylation sites (tertiary alicyclic amines) is 1. The number of aliphatic hydroxyl groups excluding tert-OH is 1. The Morgan fingerprint density at radius 3 is 2.77 bits per heavy atom. The lowest BCUT2D eigenvalue weighted by atomic mass is 9.66. The molecule has 1 spiro atoms. The highest BCUT2D eigenvalue weighted by Crippen LogP contribution is 2.47. The van der Waals surface area contributed by atoms with Crippen LogP contribution in [-0.2, 0) is 4.74 Å². The minimum Gasteiger partial charge on any atom is -0.450 e. The van der Waals surface area contributed by atoms with E-state index in [0.29, 0.717) is 6.61 Å². The molecule has 1 aliphatic carbocycles. The smallest absolute Gasteiger partial charge is 0.410 e. The molecular formula is C9H15NO3. The molecule has 2 aliphatic rings. The normalized spacial score (nSPS) is 36.8. The number of nitrogens with zero attached hydrogens (tertiary/aromatic N) is 1. The molecule has 0 aromatic rings. The van der Waals surface area contributed by atoms with Gasteiger partial charge in [-0.25, -0.2) is 4.79 Å². The van der Waals surface area contributed by atoms with Crippen molar-refractivity contribution in [2.75, 3.05) is 13.2 Å². The van der Waals surface area contributed by atoms with Gasteiger partial charge < -0.3 is 14.7 Å². The number of hydrogen-bond donors (Lipinski definition) is 1. The molecule has 1 saturated heterocycles. The minimum atomic E-state index is -0.222. The summed E-state index contributed by atoms with van der Waals surface area (Å²) in [5.74, 6) is 0. The van der Waals surface area contributed by atoms with Crippen molar-refractivity contribution in [2.24, 2.45) is 0 Å². The Balaban J connectivity index is 1.91. The highest BCUT2D eigenvalue weighted by molar-refractivity contribution is 5.70. The Kier molecular flexibility index (Phi) is 1.95. The molecule has 0 aromatic carbocycles. The van der Waals surface area contributed by atoms with Crippen molar-refractivity contribution >= 4 is 6.09 Å². The fraction of sp³-hybridized carbons (Fsp3) is 0.889. The third-order valence-corrected chi connectivity index (χ3v) is 3.09. The zero-order valence-corrected chi connectivity index (χ0v) is 7.82. The summed E-state index contributed by atoms with van der Waals surface area (Å²) in [5, 5.41) is 9.20. The van der Waals surface area contributed by atoms with Crippen molar-refractivity contribution in [1.82, 2.24) is 4.90 Å². The Morgan fingerprint density at radius 1 is 1.69 bits per heavy atom. The van der Waals surface area contributed by atoms with Gasteiger partial charge in [-0.05, 0) is 26.2 Å². The van der Waals surface area contributed by atoms with Crippen LogP contribution in [0.2, 0.25) is 0 Å². The quantitative estimate of drug-likeness (QED) is 0.655. The molecule has 13 heavy (non-hydrogen) atoms. The molecule has 4 heteroatoms. The summed E-state index contributed by atoms with van der Waals surface area (Å²) in [6.07, 6.45) is 2.04. The van der Waals surface area contributed by atoms with Crippen LogP contribution in [0.15, 0.2) is 0 Å². The Hall–Kier alpha value is -0.770.